The van der Waals surface area contributed by atoms with E-state index in [2.05, 4.69) is 0 Å². The van der Waals surface area contributed by atoms with Crippen molar-refractivity contribution in [1.29, 1.82) is 0 Å². The van der Waals surface area contributed by atoms with Crippen LogP contribution in [0.1, 0.15) is 42.9 Å². The van der Waals surface area contributed by atoms with Crippen molar-refractivity contribution in [1.82, 2.24) is 4.90 Å². The average molecular weight is 438 g/mol. The van der Waals surface area contributed by atoms with Gasteiger partial charge in [0.05, 0.1) is 16.5 Å². The lowest BCUT2D eigenvalue weighted by Crippen LogP contribution is -2.30. The van der Waals surface area contributed by atoms with Gasteiger partial charge in [-0.25, -0.2) is 0 Å². The molecule has 1 saturated heterocycles. The van der Waals surface area contributed by atoms with E-state index in [0.717, 1.165) is 0 Å². The summed E-state index contributed by atoms with van der Waals surface area (Å²) in [6.07, 6.45) is 1.46. The van der Waals surface area contributed by atoms with Crippen molar-refractivity contribution in [2.75, 3.05) is 6.54 Å². The van der Waals surface area contributed by atoms with Crippen LogP contribution in [0.25, 0.3) is 5.76 Å². The SMILES string of the molecule is O=C(O)CCCCCN1C(=O)C(=O)/C(=C(/O)c2ccccc2)[C@H]1c1ccc([N+](=O)[O-])cc1. The predicted molar refractivity (Wildman–Crippen MR) is 115 cm³/mol. The van der Waals surface area contributed by atoms with Crippen molar-refractivity contribution in [3.05, 3.63) is 81.4 Å². The Hall–Kier alpha value is -4.01. The summed E-state index contributed by atoms with van der Waals surface area (Å²) >= 11 is 0. The van der Waals surface area contributed by atoms with Gasteiger partial charge in [0.25, 0.3) is 17.4 Å². The number of amides is 1. The minimum Gasteiger partial charge on any atom is -0.507 e. The number of hydrogen-bond donors (Lipinski definition) is 2. The number of Topliss-reactive ketones (excluding diaryl/α,β-unsaturated/α-hetero) is 1. The van der Waals surface area contributed by atoms with Crippen molar-refractivity contribution < 1.29 is 29.5 Å². The molecule has 0 aliphatic carbocycles. The maximum absolute atomic E-state index is 12.9. The summed E-state index contributed by atoms with van der Waals surface area (Å²) in [5.74, 6) is -2.83. The number of aliphatic hydroxyl groups excluding tert-OH is 1. The Balaban J connectivity index is 1.98. The summed E-state index contributed by atoms with van der Waals surface area (Å²) in [6.45, 7) is 0.178. The smallest absolute Gasteiger partial charge is 0.303 e. The first-order chi connectivity index (χ1) is 15.3. The zero-order valence-electron chi connectivity index (χ0n) is 17.1. The number of carboxylic acids is 1. The van der Waals surface area contributed by atoms with E-state index in [1.165, 1.54) is 29.2 Å². The van der Waals surface area contributed by atoms with Crippen molar-refractivity contribution >= 4 is 29.1 Å². The fourth-order valence-electron chi connectivity index (χ4n) is 3.72. The number of carbonyl (C=O) groups is 3. The molecule has 0 radical (unpaired) electrons. The Morgan fingerprint density at radius 2 is 1.62 bits per heavy atom. The molecule has 1 atom stereocenters. The minimum absolute atomic E-state index is 0.0125. The molecule has 0 aromatic heterocycles. The fraction of sp³-hybridized carbons (Fsp3) is 0.261. The van der Waals surface area contributed by atoms with Gasteiger partial charge in [-0.2, -0.15) is 0 Å². The number of non-ortho nitro benzene ring substituents is 1. The number of nitro benzene ring substituents is 1. The number of carbonyl (C=O) groups excluding carboxylic acids is 2. The van der Waals surface area contributed by atoms with Crippen LogP contribution in [-0.4, -0.2) is 44.2 Å². The summed E-state index contributed by atoms with van der Waals surface area (Å²) in [7, 11) is 0. The van der Waals surface area contributed by atoms with Gasteiger partial charge >= 0.3 is 5.97 Å². The highest BCUT2D eigenvalue weighted by Crippen LogP contribution is 2.39. The van der Waals surface area contributed by atoms with Crippen molar-refractivity contribution in [3.8, 4) is 0 Å². The number of rotatable bonds is 9. The quantitative estimate of drug-likeness (QED) is 0.152. The predicted octanol–water partition coefficient (Wildman–Crippen LogP) is 3.66. The summed E-state index contributed by atoms with van der Waals surface area (Å²) < 4.78 is 0. The van der Waals surface area contributed by atoms with E-state index in [-0.39, 0.29) is 30.0 Å². The molecule has 166 valence electrons. The largest absolute Gasteiger partial charge is 0.507 e. The Morgan fingerprint density at radius 1 is 0.969 bits per heavy atom. The van der Waals surface area contributed by atoms with E-state index in [9.17, 15) is 29.6 Å². The number of nitro groups is 1. The van der Waals surface area contributed by atoms with Crippen LogP contribution in [0.15, 0.2) is 60.2 Å². The van der Waals surface area contributed by atoms with Crippen LogP contribution in [0.2, 0.25) is 0 Å². The third-order valence-electron chi connectivity index (χ3n) is 5.30. The molecular weight excluding hydrogens is 416 g/mol. The highest BCUT2D eigenvalue weighted by atomic mass is 16.6. The topological polar surface area (TPSA) is 138 Å². The molecule has 2 N–H and O–H groups in total. The first kappa shape index (κ1) is 22.7. The van der Waals surface area contributed by atoms with Gasteiger partial charge in [-0.1, -0.05) is 36.8 Å². The van der Waals surface area contributed by atoms with Crippen LogP contribution in [-0.2, 0) is 14.4 Å². The fourth-order valence-corrected chi connectivity index (χ4v) is 3.72. The van der Waals surface area contributed by atoms with Crippen LogP contribution in [0.3, 0.4) is 0 Å². The van der Waals surface area contributed by atoms with Gasteiger partial charge in [0.1, 0.15) is 5.76 Å². The summed E-state index contributed by atoms with van der Waals surface area (Å²) in [4.78, 5) is 48.2. The molecule has 0 spiro atoms. The number of benzene rings is 2. The second-order valence-electron chi connectivity index (χ2n) is 7.41. The zero-order chi connectivity index (χ0) is 23.3. The number of aliphatic carboxylic acids is 1. The van der Waals surface area contributed by atoms with E-state index in [1.807, 2.05) is 0 Å². The molecule has 32 heavy (non-hydrogen) atoms. The van der Waals surface area contributed by atoms with Crippen LogP contribution in [0.4, 0.5) is 5.69 Å². The Morgan fingerprint density at radius 3 is 2.22 bits per heavy atom. The molecule has 1 fully saturated rings. The number of nitrogens with zero attached hydrogens (tertiary/aromatic N) is 2. The molecular formula is C23H22N2O7. The molecule has 1 amide bonds. The highest BCUT2D eigenvalue weighted by molar-refractivity contribution is 6.46. The van der Waals surface area contributed by atoms with Crippen molar-refractivity contribution in [2.45, 2.75) is 31.7 Å². The minimum atomic E-state index is -0.907. The van der Waals surface area contributed by atoms with Crippen molar-refractivity contribution in [2.24, 2.45) is 0 Å². The number of ketones is 1. The Bertz CT molecular complexity index is 1060. The van der Waals surface area contributed by atoms with Crippen LogP contribution in [0, 0.1) is 10.1 Å². The van der Waals surface area contributed by atoms with Gasteiger partial charge in [-0.15, -0.1) is 0 Å². The number of unbranched alkanes of at least 4 members (excludes halogenated alkanes) is 2. The van der Waals surface area contributed by atoms with Gasteiger partial charge in [0, 0.05) is 30.7 Å². The maximum atomic E-state index is 12.9. The normalized spacial score (nSPS) is 17.5. The number of hydrogen-bond acceptors (Lipinski definition) is 6. The standard InChI is InChI=1S/C23H22N2O7/c26-18(27)9-5-2-6-14-24-20(15-10-12-17(13-11-15)25(31)32)19(22(29)23(24)30)21(28)16-7-3-1-4-8-16/h1,3-4,7-8,10-13,20,28H,2,5-6,9,14H2,(H,26,27)/b21-19+/t20-/m1/s1. The number of likely N-dealkylation sites (tertiary alicyclic amines) is 1. The molecule has 0 bridgehead atoms. The molecule has 1 heterocycles. The van der Waals surface area contributed by atoms with E-state index in [1.54, 1.807) is 30.3 Å². The number of aliphatic hydroxyl groups is 1. The van der Waals surface area contributed by atoms with E-state index < -0.39 is 28.6 Å². The van der Waals surface area contributed by atoms with Crippen LogP contribution >= 0.6 is 0 Å². The Labute approximate surface area is 183 Å². The van der Waals surface area contributed by atoms with Gasteiger partial charge < -0.3 is 15.1 Å². The highest BCUT2D eigenvalue weighted by Gasteiger charge is 2.45. The van der Waals surface area contributed by atoms with Crippen LogP contribution in [0.5, 0.6) is 0 Å². The monoisotopic (exact) mass is 438 g/mol. The lowest BCUT2D eigenvalue weighted by Gasteiger charge is -2.25. The van der Waals surface area contributed by atoms with Crippen molar-refractivity contribution in [3.63, 3.8) is 0 Å². The molecule has 2 aromatic carbocycles. The van der Waals surface area contributed by atoms with Gasteiger partial charge in [-0.3, -0.25) is 24.5 Å². The van der Waals surface area contributed by atoms with Gasteiger partial charge in [-0.05, 0) is 30.5 Å². The lowest BCUT2D eigenvalue weighted by atomic mass is 9.95. The van der Waals surface area contributed by atoms with E-state index in [4.69, 9.17) is 5.11 Å². The molecule has 1 aliphatic rings. The average Bonchev–Trinajstić information content (AvgIpc) is 3.03. The number of carboxylic acid groups (broad SMARTS) is 1. The van der Waals surface area contributed by atoms with E-state index in [0.29, 0.717) is 30.4 Å². The van der Waals surface area contributed by atoms with E-state index >= 15 is 0 Å². The lowest BCUT2D eigenvalue weighted by molar-refractivity contribution is -0.384. The molecule has 3 rings (SSSR count). The summed E-state index contributed by atoms with van der Waals surface area (Å²) in [5, 5.41) is 30.7. The van der Waals surface area contributed by atoms with Crippen LogP contribution < -0.4 is 0 Å². The molecule has 2 aromatic rings. The van der Waals surface area contributed by atoms with Gasteiger partial charge in [0.2, 0.25) is 0 Å². The molecule has 9 nitrogen and oxygen atoms in total. The first-order valence-corrected chi connectivity index (χ1v) is 10.1. The molecule has 0 unspecified atom stereocenters. The third-order valence-corrected chi connectivity index (χ3v) is 5.30. The second kappa shape index (κ2) is 9.86. The maximum Gasteiger partial charge on any atom is 0.303 e. The molecule has 9 heteroatoms. The van der Waals surface area contributed by atoms with Gasteiger partial charge in [0.15, 0.2) is 0 Å². The molecule has 1 aliphatic heterocycles. The third kappa shape index (κ3) is 4.83. The summed E-state index contributed by atoms with van der Waals surface area (Å²) in [5.41, 5.74) is 0.611. The summed E-state index contributed by atoms with van der Waals surface area (Å²) in [6, 6.07) is 12.9. The zero-order valence-corrected chi connectivity index (χ0v) is 17.1. The second-order valence-corrected chi connectivity index (χ2v) is 7.41. The Kier molecular flexibility index (Phi) is 6.99. The molecule has 0 saturated carbocycles. The first-order valence-electron chi connectivity index (χ1n) is 10.1.